The third-order valence-electron chi connectivity index (χ3n) is 2.43. The second-order valence-corrected chi connectivity index (χ2v) is 3.38. The molecule has 75 valence electrons. The lowest BCUT2D eigenvalue weighted by atomic mass is 9.94. The molecule has 1 atom stereocenters. The summed E-state index contributed by atoms with van der Waals surface area (Å²) in [5.41, 5.74) is 0.652. The van der Waals surface area contributed by atoms with Gasteiger partial charge in [0.25, 0.3) is 5.92 Å². The molecule has 1 nitrogen and oxygen atoms in total. The molecule has 0 saturated carbocycles. The van der Waals surface area contributed by atoms with Gasteiger partial charge in [0, 0.05) is 5.56 Å². The number of halogens is 2. The first-order chi connectivity index (χ1) is 6.65. The van der Waals surface area contributed by atoms with Gasteiger partial charge in [-0.2, -0.15) is 8.78 Å². The van der Waals surface area contributed by atoms with Gasteiger partial charge in [-0.05, 0) is 12.0 Å². The van der Waals surface area contributed by atoms with Gasteiger partial charge >= 0.3 is 0 Å². The first-order valence-corrected chi connectivity index (χ1v) is 4.53. The van der Waals surface area contributed by atoms with Crippen LogP contribution in [0.2, 0.25) is 0 Å². The Hall–Kier alpha value is -0.960. The average molecular weight is 197 g/mol. The van der Waals surface area contributed by atoms with Crippen LogP contribution in [0.5, 0.6) is 0 Å². The predicted octanol–water partition coefficient (Wildman–Crippen LogP) is 3.07. The Morgan fingerprint density at radius 2 is 2.14 bits per heavy atom. The SMILES string of the molecule is [CH2]CC1OCC(F)(F)c2ccccc21. The van der Waals surface area contributed by atoms with Gasteiger partial charge in [0.2, 0.25) is 0 Å². The van der Waals surface area contributed by atoms with Gasteiger partial charge < -0.3 is 4.74 Å². The van der Waals surface area contributed by atoms with Crippen molar-refractivity contribution in [2.75, 3.05) is 6.61 Å². The minimum atomic E-state index is -2.86. The Balaban J connectivity index is 2.49. The number of alkyl halides is 2. The highest BCUT2D eigenvalue weighted by Crippen LogP contribution is 2.40. The summed E-state index contributed by atoms with van der Waals surface area (Å²) in [5.74, 6) is -2.86. The topological polar surface area (TPSA) is 9.23 Å². The van der Waals surface area contributed by atoms with Crippen molar-refractivity contribution in [3.8, 4) is 0 Å². The van der Waals surface area contributed by atoms with Gasteiger partial charge in [0.15, 0.2) is 0 Å². The lowest BCUT2D eigenvalue weighted by molar-refractivity contribution is -0.124. The molecule has 0 N–H and O–H groups in total. The minimum Gasteiger partial charge on any atom is -0.367 e. The van der Waals surface area contributed by atoms with E-state index in [0.717, 1.165) is 0 Å². The fraction of sp³-hybridized carbons (Fsp3) is 0.364. The number of ether oxygens (including phenoxy) is 1. The van der Waals surface area contributed by atoms with E-state index in [-0.39, 0.29) is 11.7 Å². The molecule has 1 aliphatic heterocycles. The zero-order valence-corrected chi connectivity index (χ0v) is 7.67. The average Bonchev–Trinajstić information content (AvgIpc) is 2.18. The summed E-state index contributed by atoms with van der Waals surface area (Å²) < 4.78 is 31.8. The van der Waals surface area contributed by atoms with Crippen LogP contribution in [0.3, 0.4) is 0 Å². The Labute approximate surface area is 81.7 Å². The number of rotatable bonds is 1. The van der Waals surface area contributed by atoms with Gasteiger partial charge in [-0.1, -0.05) is 31.2 Å². The fourth-order valence-electron chi connectivity index (χ4n) is 1.72. The first-order valence-electron chi connectivity index (χ1n) is 4.53. The summed E-state index contributed by atoms with van der Waals surface area (Å²) in [6.07, 6.45) is 0.193. The van der Waals surface area contributed by atoms with E-state index in [0.29, 0.717) is 12.0 Å². The number of fused-ring (bicyclic) bond motifs is 1. The Bertz CT molecular complexity index is 336. The van der Waals surface area contributed by atoms with Crippen molar-refractivity contribution >= 4 is 0 Å². The zero-order valence-electron chi connectivity index (χ0n) is 7.67. The number of hydrogen-bond acceptors (Lipinski definition) is 1. The molecule has 1 aromatic carbocycles. The third kappa shape index (κ3) is 1.42. The molecule has 0 saturated heterocycles. The lowest BCUT2D eigenvalue weighted by Crippen LogP contribution is -2.30. The minimum absolute atomic E-state index is 0.0832. The van der Waals surface area contributed by atoms with Crippen LogP contribution in [-0.4, -0.2) is 6.61 Å². The van der Waals surface area contributed by atoms with Crippen LogP contribution in [0.4, 0.5) is 8.78 Å². The van der Waals surface area contributed by atoms with Crippen molar-refractivity contribution in [1.82, 2.24) is 0 Å². The highest BCUT2D eigenvalue weighted by Gasteiger charge is 2.40. The van der Waals surface area contributed by atoms with Gasteiger partial charge in [0.1, 0.15) is 6.61 Å². The summed E-state index contributed by atoms with van der Waals surface area (Å²) in [4.78, 5) is 0. The van der Waals surface area contributed by atoms with Crippen LogP contribution in [0.1, 0.15) is 23.7 Å². The molecule has 0 aromatic heterocycles. The predicted molar refractivity (Wildman–Crippen MR) is 49.0 cm³/mol. The second kappa shape index (κ2) is 3.31. The standard InChI is InChI=1S/C11H11F2O/c1-2-10-8-5-3-4-6-9(8)11(12,13)7-14-10/h3-6,10H,1-2,7H2. The first kappa shape index (κ1) is 9.59. The molecule has 3 heteroatoms. The van der Waals surface area contributed by atoms with Gasteiger partial charge in [0.05, 0.1) is 6.10 Å². The van der Waals surface area contributed by atoms with E-state index in [9.17, 15) is 8.78 Å². The molecule has 14 heavy (non-hydrogen) atoms. The third-order valence-corrected chi connectivity index (χ3v) is 2.43. The lowest BCUT2D eigenvalue weighted by Gasteiger charge is -2.30. The van der Waals surface area contributed by atoms with Crippen molar-refractivity contribution in [1.29, 1.82) is 0 Å². The smallest absolute Gasteiger partial charge is 0.296 e. The van der Waals surface area contributed by atoms with Crippen molar-refractivity contribution in [2.24, 2.45) is 0 Å². The number of benzene rings is 1. The van der Waals surface area contributed by atoms with Crippen molar-refractivity contribution in [3.05, 3.63) is 42.3 Å². The largest absolute Gasteiger partial charge is 0.367 e. The van der Waals surface area contributed by atoms with Crippen molar-refractivity contribution < 1.29 is 13.5 Å². The Kier molecular flexibility index (Phi) is 2.27. The maximum atomic E-state index is 13.4. The van der Waals surface area contributed by atoms with E-state index >= 15 is 0 Å². The summed E-state index contributed by atoms with van der Waals surface area (Å²) in [5, 5.41) is 0. The molecule has 2 rings (SSSR count). The van der Waals surface area contributed by atoms with Crippen LogP contribution in [0, 0.1) is 6.92 Å². The highest BCUT2D eigenvalue weighted by atomic mass is 19.3. The van der Waals surface area contributed by atoms with E-state index in [1.165, 1.54) is 6.07 Å². The van der Waals surface area contributed by atoms with Crippen LogP contribution in [-0.2, 0) is 10.7 Å². The normalized spacial score (nSPS) is 24.4. The van der Waals surface area contributed by atoms with Crippen molar-refractivity contribution in [3.63, 3.8) is 0 Å². The molecule has 0 bridgehead atoms. The van der Waals surface area contributed by atoms with E-state index < -0.39 is 12.5 Å². The van der Waals surface area contributed by atoms with Crippen molar-refractivity contribution in [2.45, 2.75) is 18.4 Å². The maximum Gasteiger partial charge on any atom is 0.296 e. The zero-order chi connectivity index (χ0) is 10.2. The second-order valence-electron chi connectivity index (χ2n) is 3.38. The molecule has 1 aliphatic rings. The summed E-state index contributed by atoms with van der Waals surface area (Å²) in [7, 11) is 0. The molecule has 1 unspecified atom stereocenters. The molecule has 0 spiro atoms. The van der Waals surface area contributed by atoms with Crippen LogP contribution in [0.25, 0.3) is 0 Å². The summed E-state index contributed by atoms with van der Waals surface area (Å²) in [6.45, 7) is 3.15. The molecular formula is C11H11F2O. The monoisotopic (exact) mass is 197 g/mol. The molecule has 0 amide bonds. The van der Waals surface area contributed by atoms with Gasteiger partial charge in [-0.15, -0.1) is 0 Å². The Morgan fingerprint density at radius 3 is 2.86 bits per heavy atom. The molecule has 1 heterocycles. The summed E-state index contributed by atoms with van der Waals surface area (Å²) in [6, 6.07) is 6.50. The van der Waals surface area contributed by atoms with Crippen LogP contribution in [0.15, 0.2) is 24.3 Å². The molecule has 1 aromatic rings. The molecular weight excluding hydrogens is 186 g/mol. The van der Waals surface area contributed by atoms with E-state index in [4.69, 9.17) is 4.74 Å². The molecule has 1 radical (unpaired) electrons. The van der Waals surface area contributed by atoms with E-state index in [1.54, 1.807) is 18.2 Å². The Morgan fingerprint density at radius 1 is 1.43 bits per heavy atom. The van der Waals surface area contributed by atoms with Crippen LogP contribution < -0.4 is 0 Å². The molecule has 0 fully saturated rings. The van der Waals surface area contributed by atoms with E-state index in [2.05, 4.69) is 6.92 Å². The van der Waals surface area contributed by atoms with Gasteiger partial charge in [-0.3, -0.25) is 0 Å². The van der Waals surface area contributed by atoms with Crippen LogP contribution >= 0.6 is 0 Å². The maximum absolute atomic E-state index is 13.4. The molecule has 0 aliphatic carbocycles. The highest BCUT2D eigenvalue weighted by molar-refractivity contribution is 5.34. The van der Waals surface area contributed by atoms with E-state index in [1.807, 2.05) is 0 Å². The quantitative estimate of drug-likeness (QED) is 0.672. The van der Waals surface area contributed by atoms with Gasteiger partial charge in [-0.25, -0.2) is 0 Å². The fourth-order valence-corrected chi connectivity index (χ4v) is 1.72. The summed E-state index contributed by atoms with van der Waals surface area (Å²) >= 11 is 0. The number of hydrogen-bond donors (Lipinski definition) is 0.